The van der Waals surface area contributed by atoms with E-state index in [0.29, 0.717) is 22.8 Å². The summed E-state index contributed by atoms with van der Waals surface area (Å²) in [6, 6.07) is 10.8. The highest BCUT2D eigenvalue weighted by molar-refractivity contribution is 6.12. The Morgan fingerprint density at radius 1 is 1.23 bits per heavy atom. The van der Waals surface area contributed by atoms with Crippen LogP contribution in [0.3, 0.4) is 0 Å². The monoisotopic (exact) mass is 410 g/mol. The maximum absolute atomic E-state index is 14.0. The van der Waals surface area contributed by atoms with Gasteiger partial charge in [-0.1, -0.05) is 6.07 Å². The maximum Gasteiger partial charge on any atom is 0.277 e. The van der Waals surface area contributed by atoms with E-state index in [-0.39, 0.29) is 12.5 Å². The third-order valence-electron chi connectivity index (χ3n) is 4.97. The molecule has 1 aliphatic heterocycles. The fraction of sp³-hybridized carbons (Fsp3) is 0.318. The summed E-state index contributed by atoms with van der Waals surface area (Å²) < 4.78 is 20.9. The molecule has 3 aromatic rings. The van der Waals surface area contributed by atoms with E-state index in [1.165, 1.54) is 34.0 Å². The van der Waals surface area contributed by atoms with Crippen molar-refractivity contribution in [2.45, 2.75) is 45.3 Å². The number of benzene rings is 1. The summed E-state index contributed by atoms with van der Waals surface area (Å²) in [5.41, 5.74) is -0.744. The third kappa shape index (κ3) is 3.38. The number of fused-ring (bicyclic) bond motifs is 1. The van der Waals surface area contributed by atoms with Gasteiger partial charge < -0.3 is 9.73 Å². The number of nitrogens with zero attached hydrogens (tertiary/aromatic N) is 3. The Balaban J connectivity index is 1.85. The van der Waals surface area contributed by atoms with Crippen LogP contribution in [-0.4, -0.2) is 32.7 Å². The predicted molar refractivity (Wildman–Crippen MR) is 109 cm³/mol. The molecule has 0 saturated heterocycles. The molecule has 0 bridgehead atoms. The van der Waals surface area contributed by atoms with Crippen LogP contribution in [0, 0.1) is 5.82 Å². The smallest absolute Gasteiger partial charge is 0.277 e. The van der Waals surface area contributed by atoms with Crippen molar-refractivity contribution in [1.29, 1.82) is 0 Å². The molecule has 1 atom stereocenters. The van der Waals surface area contributed by atoms with Gasteiger partial charge >= 0.3 is 0 Å². The largest absolute Gasteiger partial charge is 0.463 e. The molecule has 0 spiro atoms. The van der Waals surface area contributed by atoms with Crippen molar-refractivity contribution in [1.82, 2.24) is 15.1 Å². The van der Waals surface area contributed by atoms with Crippen LogP contribution in [0.4, 0.5) is 10.1 Å². The van der Waals surface area contributed by atoms with Crippen LogP contribution in [0.15, 0.2) is 53.1 Å². The van der Waals surface area contributed by atoms with E-state index < -0.39 is 22.8 Å². The van der Waals surface area contributed by atoms with Gasteiger partial charge in [0.25, 0.3) is 5.91 Å². The lowest BCUT2D eigenvalue weighted by molar-refractivity contribution is -0.128. The minimum absolute atomic E-state index is 0.104. The number of hydrogen-bond acceptors (Lipinski definition) is 4. The van der Waals surface area contributed by atoms with E-state index in [1.54, 1.807) is 31.2 Å². The van der Waals surface area contributed by atoms with Crippen LogP contribution < -0.4 is 10.2 Å². The van der Waals surface area contributed by atoms with Gasteiger partial charge in [0, 0.05) is 17.3 Å². The predicted octanol–water partition coefficient (Wildman–Crippen LogP) is 3.62. The van der Waals surface area contributed by atoms with Gasteiger partial charge in [-0.15, -0.1) is 0 Å². The van der Waals surface area contributed by atoms with E-state index in [9.17, 15) is 14.0 Å². The fourth-order valence-corrected chi connectivity index (χ4v) is 3.62. The summed E-state index contributed by atoms with van der Waals surface area (Å²) in [5.74, 6) is -0.769. The molecule has 1 N–H and O–H groups in total. The quantitative estimate of drug-likeness (QED) is 0.715. The Hall–Kier alpha value is -3.42. The van der Waals surface area contributed by atoms with E-state index in [4.69, 9.17) is 4.42 Å². The number of rotatable bonds is 3. The van der Waals surface area contributed by atoms with Gasteiger partial charge in [-0.05, 0) is 58.0 Å². The number of anilines is 1. The first kappa shape index (κ1) is 19.9. The Kier molecular flexibility index (Phi) is 4.52. The summed E-state index contributed by atoms with van der Waals surface area (Å²) in [7, 11) is 0. The number of furan rings is 1. The summed E-state index contributed by atoms with van der Waals surface area (Å²) in [6.07, 6.45) is 1.52. The zero-order valence-electron chi connectivity index (χ0n) is 17.3. The maximum atomic E-state index is 14.0. The number of aromatic nitrogens is 2. The molecule has 8 heteroatoms. The lowest BCUT2D eigenvalue weighted by Crippen LogP contribution is -2.66. The van der Waals surface area contributed by atoms with Gasteiger partial charge in [0.15, 0.2) is 5.76 Å². The van der Waals surface area contributed by atoms with Crippen molar-refractivity contribution in [3.8, 4) is 11.5 Å². The Bertz CT molecular complexity index is 1110. The van der Waals surface area contributed by atoms with Crippen molar-refractivity contribution < 1.29 is 18.4 Å². The lowest BCUT2D eigenvalue weighted by atomic mass is 9.92. The second kappa shape index (κ2) is 6.83. The van der Waals surface area contributed by atoms with Crippen molar-refractivity contribution >= 4 is 17.5 Å². The van der Waals surface area contributed by atoms with Crippen molar-refractivity contribution in [2.75, 3.05) is 4.90 Å². The van der Waals surface area contributed by atoms with E-state index in [1.807, 2.05) is 20.8 Å². The van der Waals surface area contributed by atoms with Crippen molar-refractivity contribution in [3.05, 3.63) is 60.2 Å². The zero-order valence-corrected chi connectivity index (χ0v) is 17.3. The Morgan fingerprint density at radius 3 is 2.63 bits per heavy atom. The third-order valence-corrected chi connectivity index (χ3v) is 4.97. The molecule has 30 heavy (non-hydrogen) atoms. The lowest BCUT2D eigenvalue weighted by Gasteiger charge is -2.44. The van der Waals surface area contributed by atoms with Gasteiger partial charge in [0.1, 0.15) is 22.7 Å². The molecular formula is C22H23FN4O3. The van der Waals surface area contributed by atoms with Crippen LogP contribution >= 0.6 is 0 Å². The molecule has 156 valence electrons. The molecule has 0 radical (unpaired) electrons. The molecular weight excluding hydrogens is 387 g/mol. The Morgan fingerprint density at radius 2 is 2.00 bits per heavy atom. The average Bonchev–Trinajstić information content (AvgIpc) is 3.29. The number of nitrogens with one attached hydrogen (secondary N) is 1. The minimum atomic E-state index is -1.32. The Labute approximate surface area is 173 Å². The zero-order chi connectivity index (χ0) is 21.7. The first-order chi connectivity index (χ1) is 14.1. The molecule has 2 aromatic heterocycles. The number of amides is 2. The molecule has 2 amide bonds. The van der Waals surface area contributed by atoms with E-state index >= 15 is 0 Å². The highest BCUT2D eigenvalue weighted by atomic mass is 19.1. The summed E-state index contributed by atoms with van der Waals surface area (Å²) in [6.45, 7) is 7.35. The first-order valence-corrected chi connectivity index (χ1v) is 9.63. The van der Waals surface area contributed by atoms with Gasteiger partial charge in [0.05, 0.1) is 12.8 Å². The van der Waals surface area contributed by atoms with Crippen LogP contribution in [0.5, 0.6) is 0 Å². The van der Waals surface area contributed by atoms with Gasteiger partial charge in [-0.2, -0.15) is 5.10 Å². The summed E-state index contributed by atoms with van der Waals surface area (Å²) >= 11 is 0. The normalized spacial score (nSPS) is 19.0. The van der Waals surface area contributed by atoms with Crippen LogP contribution in [0.1, 0.15) is 38.2 Å². The topological polar surface area (TPSA) is 80.4 Å². The fourth-order valence-electron chi connectivity index (χ4n) is 3.62. The van der Waals surface area contributed by atoms with Crippen LogP contribution in [0.25, 0.3) is 11.5 Å². The average molecular weight is 410 g/mol. The molecule has 4 rings (SSSR count). The molecule has 0 fully saturated rings. The van der Waals surface area contributed by atoms with Crippen LogP contribution in [0.2, 0.25) is 0 Å². The molecule has 3 heterocycles. The number of hydrogen-bond donors (Lipinski definition) is 1. The van der Waals surface area contributed by atoms with E-state index in [0.717, 1.165) is 0 Å². The van der Waals surface area contributed by atoms with Crippen molar-refractivity contribution in [2.24, 2.45) is 0 Å². The highest BCUT2D eigenvalue weighted by Gasteiger charge is 2.49. The summed E-state index contributed by atoms with van der Waals surface area (Å²) in [4.78, 5) is 28.2. The molecule has 1 aliphatic rings. The highest BCUT2D eigenvalue weighted by Crippen LogP contribution is 2.34. The molecule has 0 saturated carbocycles. The SMILES string of the molecule is CC(C)(C)NC(=O)C1(C)Cn2nc(-c3ccco3)cc2C(=O)N1c1cccc(F)c1. The number of carbonyl (C=O) groups excluding carboxylic acids is 2. The second-order valence-electron chi connectivity index (χ2n) is 8.65. The standard InChI is InChI=1S/C22H23FN4O3/c1-21(2,3)24-20(29)22(4)13-26-17(12-16(25-26)18-9-6-10-30-18)19(28)27(22)15-8-5-7-14(23)11-15/h5-12H,13H2,1-4H3,(H,24,29). The minimum Gasteiger partial charge on any atom is -0.463 e. The molecule has 1 unspecified atom stereocenters. The van der Waals surface area contributed by atoms with Crippen molar-refractivity contribution in [3.63, 3.8) is 0 Å². The second-order valence-corrected chi connectivity index (χ2v) is 8.65. The number of halogens is 1. The molecule has 7 nitrogen and oxygen atoms in total. The van der Waals surface area contributed by atoms with Gasteiger partial charge in [-0.25, -0.2) is 4.39 Å². The first-order valence-electron chi connectivity index (χ1n) is 9.63. The van der Waals surface area contributed by atoms with Gasteiger partial charge in [-0.3, -0.25) is 19.2 Å². The molecule has 0 aliphatic carbocycles. The van der Waals surface area contributed by atoms with Gasteiger partial charge in [0.2, 0.25) is 5.91 Å². The molecule has 1 aromatic carbocycles. The number of carbonyl (C=O) groups is 2. The van der Waals surface area contributed by atoms with E-state index in [2.05, 4.69) is 10.4 Å². The summed E-state index contributed by atoms with van der Waals surface area (Å²) in [5, 5.41) is 7.43. The van der Waals surface area contributed by atoms with Crippen LogP contribution in [-0.2, 0) is 11.3 Å².